The molecule has 0 unspecified atom stereocenters. The number of morpholine rings is 1. The van der Waals surface area contributed by atoms with Crippen LogP contribution in [0.5, 0.6) is 0 Å². The van der Waals surface area contributed by atoms with Crippen LogP contribution in [0.1, 0.15) is 11.1 Å². The van der Waals surface area contributed by atoms with E-state index in [9.17, 15) is 26.4 Å². The number of benzene rings is 1. The van der Waals surface area contributed by atoms with Gasteiger partial charge in [-0.15, -0.1) is 0 Å². The molecule has 6 nitrogen and oxygen atoms in total. The predicted octanol–water partition coefficient (Wildman–Crippen LogP) is 1.08. The van der Waals surface area contributed by atoms with Crippen molar-refractivity contribution >= 4 is 15.9 Å². The number of hydrogen-bond donors (Lipinski definition) is 0. The van der Waals surface area contributed by atoms with Crippen molar-refractivity contribution in [1.29, 1.82) is 0 Å². The van der Waals surface area contributed by atoms with Crippen LogP contribution in [0.2, 0.25) is 0 Å². The molecule has 0 spiro atoms. The van der Waals surface area contributed by atoms with Crippen molar-refractivity contribution in [2.45, 2.75) is 24.9 Å². The second-order valence-electron chi connectivity index (χ2n) is 6.22. The van der Waals surface area contributed by atoms with Gasteiger partial charge in [0, 0.05) is 19.6 Å². The molecule has 0 aliphatic carbocycles. The quantitative estimate of drug-likeness (QED) is 0.789. The van der Waals surface area contributed by atoms with Crippen molar-refractivity contribution < 1.29 is 31.1 Å². The number of fused-ring (bicyclic) bond motifs is 1. The Morgan fingerprint density at radius 2 is 2.00 bits per heavy atom. The van der Waals surface area contributed by atoms with Gasteiger partial charge in [-0.25, -0.2) is 8.42 Å². The number of carbonyl (C=O) groups excluding carboxylic acids is 1. The lowest BCUT2D eigenvalue weighted by atomic mass is 10.1. The first-order valence-corrected chi connectivity index (χ1v) is 9.43. The van der Waals surface area contributed by atoms with E-state index in [0.717, 1.165) is 18.4 Å². The van der Waals surface area contributed by atoms with Gasteiger partial charge in [0.1, 0.15) is 6.61 Å². The summed E-state index contributed by atoms with van der Waals surface area (Å²) in [6, 6.07) is 4.26. The number of rotatable bonds is 3. The molecule has 2 aliphatic heterocycles. The summed E-state index contributed by atoms with van der Waals surface area (Å²) in [7, 11) is -3.43. The molecule has 1 aromatic rings. The topological polar surface area (TPSA) is 66.9 Å². The highest BCUT2D eigenvalue weighted by Gasteiger charge is 2.45. The third-order valence-corrected chi connectivity index (χ3v) is 5.66. The minimum absolute atomic E-state index is 0.0229. The van der Waals surface area contributed by atoms with Gasteiger partial charge >= 0.3 is 6.18 Å². The third-order valence-electron chi connectivity index (χ3n) is 4.42. The van der Waals surface area contributed by atoms with E-state index in [2.05, 4.69) is 0 Å². The number of carbonyl (C=O) groups is 1. The largest absolute Gasteiger partial charge is 0.416 e. The second kappa shape index (κ2) is 6.26. The summed E-state index contributed by atoms with van der Waals surface area (Å²) in [4.78, 5) is 13.6. The standard InChI is InChI=1S/C15H17F3N2O4S/c1-25(22,23)19-7-12-13(8-19)24-9-14(21)20(12)6-10-3-2-4-11(5-10)15(16,17)18/h2-5,12-13H,6-9H2,1H3/t12-,13+/m1/s1. The SMILES string of the molecule is CS(=O)(=O)N1C[C@@H]2OCC(=O)N(Cc3cccc(C(F)(F)F)c3)[C@@H]2C1. The van der Waals surface area contributed by atoms with Crippen LogP contribution in [0, 0.1) is 0 Å². The maximum absolute atomic E-state index is 12.8. The Kier molecular flexibility index (Phi) is 4.54. The number of hydrogen-bond acceptors (Lipinski definition) is 4. The monoisotopic (exact) mass is 378 g/mol. The van der Waals surface area contributed by atoms with E-state index in [0.29, 0.717) is 5.56 Å². The van der Waals surface area contributed by atoms with Crippen LogP contribution >= 0.6 is 0 Å². The molecule has 2 saturated heterocycles. The van der Waals surface area contributed by atoms with Gasteiger partial charge in [-0.2, -0.15) is 17.5 Å². The normalized spacial score (nSPS) is 25.3. The molecule has 0 N–H and O–H groups in total. The summed E-state index contributed by atoms with van der Waals surface area (Å²) in [6.45, 7) is -0.0211. The number of nitrogens with zero attached hydrogens (tertiary/aromatic N) is 2. The maximum Gasteiger partial charge on any atom is 0.416 e. The number of sulfonamides is 1. The molecule has 3 rings (SSSR count). The second-order valence-corrected chi connectivity index (χ2v) is 8.20. The zero-order valence-corrected chi connectivity index (χ0v) is 14.2. The summed E-state index contributed by atoms with van der Waals surface area (Å²) in [6.07, 6.45) is -3.87. The Hall–Kier alpha value is -1.65. The Balaban J connectivity index is 1.82. The summed E-state index contributed by atoms with van der Waals surface area (Å²) in [5.74, 6) is -0.367. The van der Waals surface area contributed by atoms with E-state index >= 15 is 0 Å². The summed E-state index contributed by atoms with van der Waals surface area (Å²) in [5, 5.41) is 0. The van der Waals surface area contributed by atoms with Crippen LogP contribution in [-0.2, 0) is 32.3 Å². The van der Waals surface area contributed by atoms with Crippen molar-refractivity contribution in [3.63, 3.8) is 0 Å². The number of ether oxygens (including phenoxy) is 1. The lowest BCUT2D eigenvalue weighted by Crippen LogP contribution is -2.53. The van der Waals surface area contributed by atoms with Crippen LogP contribution in [0.15, 0.2) is 24.3 Å². The molecular weight excluding hydrogens is 361 g/mol. The van der Waals surface area contributed by atoms with Crippen LogP contribution in [0.3, 0.4) is 0 Å². The van der Waals surface area contributed by atoms with Gasteiger partial charge < -0.3 is 9.64 Å². The van der Waals surface area contributed by atoms with Gasteiger partial charge in [-0.3, -0.25) is 4.79 Å². The van der Waals surface area contributed by atoms with Gasteiger partial charge in [0.05, 0.1) is 24.0 Å². The van der Waals surface area contributed by atoms with Gasteiger partial charge in [-0.1, -0.05) is 12.1 Å². The van der Waals surface area contributed by atoms with E-state index in [-0.39, 0.29) is 32.1 Å². The fourth-order valence-electron chi connectivity index (χ4n) is 3.15. The highest BCUT2D eigenvalue weighted by atomic mass is 32.2. The Morgan fingerprint density at radius 3 is 2.64 bits per heavy atom. The Bertz CT molecular complexity index is 781. The van der Waals surface area contributed by atoms with Crippen molar-refractivity contribution in [2.24, 2.45) is 0 Å². The maximum atomic E-state index is 12.8. The zero-order chi connectivity index (χ0) is 18.4. The molecule has 1 aromatic carbocycles. The molecule has 2 aliphatic rings. The smallest absolute Gasteiger partial charge is 0.365 e. The van der Waals surface area contributed by atoms with E-state index in [1.807, 2.05) is 0 Å². The van der Waals surface area contributed by atoms with E-state index < -0.39 is 33.9 Å². The molecule has 1 amide bonds. The summed E-state index contributed by atoms with van der Waals surface area (Å²) < 4.78 is 68.6. The van der Waals surface area contributed by atoms with Crippen LogP contribution in [0.4, 0.5) is 13.2 Å². The van der Waals surface area contributed by atoms with E-state index in [1.54, 1.807) is 0 Å². The fraction of sp³-hybridized carbons (Fsp3) is 0.533. The van der Waals surface area contributed by atoms with Crippen LogP contribution in [0.25, 0.3) is 0 Å². The van der Waals surface area contributed by atoms with Gasteiger partial charge in [0.15, 0.2) is 0 Å². The fourth-order valence-corrected chi connectivity index (χ4v) is 3.99. The molecule has 2 heterocycles. The zero-order valence-electron chi connectivity index (χ0n) is 13.4. The molecular formula is C15H17F3N2O4S. The van der Waals surface area contributed by atoms with Crippen molar-refractivity contribution in [2.75, 3.05) is 26.0 Å². The highest BCUT2D eigenvalue weighted by Crippen LogP contribution is 2.31. The van der Waals surface area contributed by atoms with Crippen molar-refractivity contribution in [3.05, 3.63) is 35.4 Å². The first kappa shape index (κ1) is 18.2. The molecule has 0 saturated carbocycles. The average Bonchev–Trinajstić information content (AvgIpc) is 2.94. The van der Waals surface area contributed by atoms with Gasteiger partial charge in [0.25, 0.3) is 0 Å². The first-order valence-electron chi connectivity index (χ1n) is 7.58. The minimum Gasteiger partial charge on any atom is -0.365 e. The van der Waals surface area contributed by atoms with Gasteiger partial charge in [0.2, 0.25) is 15.9 Å². The lowest BCUT2D eigenvalue weighted by Gasteiger charge is -2.36. The van der Waals surface area contributed by atoms with Gasteiger partial charge in [-0.05, 0) is 17.7 Å². The lowest BCUT2D eigenvalue weighted by molar-refractivity contribution is -0.153. The molecule has 25 heavy (non-hydrogen) atoms. The van der Waals surface area contributed by atoms with Crippen LogP contribution < -0.4 is 0 Å². The van der Waals surface area contributed by atoms with Crippen molar-refractivity contribution in [1.82, 2.24) is 9.21 Å². The molecule has 0 bridgehead atoms. The third kappa shape index (κ3) is 3.80. The average molecular weight is 378 g/mol. The molecule has 0 radical (unpaired) electrons. The summed E-state index contributed by atoms with van der Waals surface area (Å²) >= 11 is 0. The molecule has 2 atom stereocenters. The number of halogens is 3. The van der Waals surface area contributed by atoms with Crippen LogP contribution in [-0.4, -0.2) is 61.6 Å². The minimum atomic E-state index is -4.46. The van der Waals surface area contributed by atoms with E-state index in [1.165, 1.54) is 21.3 Å². The Labute approximate surface area is 143 Å². The summed E-state index contributed by atoms with van der Waals surface area (Å²) in [5.41, 5.74) is -0.451. The highest BCUT2D eigenvalue weighted by molar-refractivity contribution is 7.88. The van der Waals surface area contributed by atoms with E-state index in [4.69, 9.17) is 4.74 Å². The molecule has 2 fully saturated rings. The molecule has 10 heteroatoms. The molecule has 0 aromatic heterocycles. The predicted molar refractivity (Wildman–Crippen MR) is 81.9 cm³/mol. The molecule has 138 valence electrons. The Morgan fingerprint density at radius 1 is 1.28 bits per heavy atom. The van der Waals surface area contributed by atoms with Crippen molar-refractivity contribution in [3.8, 4) is 0 Å². The number of alkyl halides is 3. The number of amides is 1. The first-order chi connectivity index (χ1) is 11.6.